The van der Waals surface area contributed by atoms with Crippen LogP contribution in [0.5, 0.6) is 0 Å². The Balaban J connectivity index is 1.71. The molecule has 2 aliphatic rings. The molecule has 1 saturated heterocycles. The minimum absolute atomic E-state index is 0.0172. The predicted octanol–water partition coefficient (Wildman–Crippen LogP) is 2.83. The highest BCUT2D eigenvalue weighted by Gasteiger charge is 2.46. The lowest BCUT2D eigenvalue weighted by Crippen LogP contribution is -2.33. The largest absolute Gasteiger partial charge is 0.282 e. The van der Waals surface area contributed by atoms with Crippen molar-refractivity contribution in [2.75, 3.05) is 6.54 Å². The third-order valence-corrected chi connectivity index (χ3v) is 4.53. The number of halogens is 1. The summed E-state index contributed by atoms with van der Waals surface area (Å²) in [6.45, 7) is 0.425. The van der Waals surface area contributed by atoms with Gasteiger partial charge in [0.15, 0.2) is 0 Å². The summed E-state index contributed by atoms with van der Waals surface area (Å²) in [5.74, 6) is -0.315. The van der Waals surface area contributed by atoms with Gasteiger partial charge in [0.2, 0.25) is 11.8 Å². The number of hydrogen-bond acceptors (Lipinski definition) is 2. The molecule has 1 aliphatic carbocycles. The fourth-order valence-electron chi connectivity index (χ4n) is 3.02. The topological polar surface area (TPSA) is 37.4 Å². The highest BCUT2D eigenvalue weighted by Crippen LogP contribution is 2.35. The van der Waals surface area contributed by atoms with Crippen LogP contribution < -0.4 is 0 Å². The molecule has 0 saturated carbocycles. The van der Waals surface area contributed by atoms with E-state index in [1.54, 1.807) is 0 Å². The van der Waals surface area contributed by atoms with Gasteiger partial charge in [-0.25, -0.2) is 0 Å². The maximum Gasteiger partial charge on any atom is 0.233 e. The van der Waals surface area contributed by atoms with Gasteiger partial charge in [-0.15, -0.1) is 0 Å². The zero-order chi connectivity index (χ0) is 14.1. The Morgan fingerprint density at radius 1 is 1.05 bits per heavy atom. The lowest BCUT2D eigenvalue weighted by Gasteiger charge is -2.15. The second kappa shape index (κ2) is 5.41. The molecule has 0 aromatic heterocycles. The van der Waals surface area contributed by atoms with Gasteiger partial charge in [0.05, 0.1) is 11.8 Å². The molecule has 104 valence electrons. The number of rotatable bonds is 3. The minimum atomic E-state index is -0.140. The quantitative estimate of drug-likeness (QED) is 0.634. The Morgan fingerprint density at radius 3 is 2.25 bits per heavy atom. The van der Waals surface area contributed by atoms with E-state index in [9.17, 15) is 9.59 Å². The van der Waals surface area contributed by atoms with Crippen molar-refractivity contribution in [1.82, 2.24) is 4.90 Å². The molecule has 1 heterocycles. The van der Waals surface area contributed by atoms with E-state index >= 15 is 0 Å². The Labute approximate surface area is 123 Å². The molecule has 1 aromatic carbocycles. The molecular weight excluding hydrogens is 274 g/mol. The van der Waals surface area contributed by atoms with Crippen molar-refractivity contribution in [3.05, 3.63) is 47.0 Å². The Hall–Kier alpha value is -1.61. The highest BCUT2D eigenvalue weighted by molar-refractivity contribution is 6.31. The first-order valence-electron chi connectivity index (χ1n) is 6.92. The van der Waals surface area contributed by atoms with E-state index in [-0.39, 0.29) is 23.7 Å². The summed E-state index contributed by atoms with van der Waals surface area (Å²) in [5.41, 5.74) is 0.975. The van der Waals surface area contributed by atoms with Gasteiger partial charge in [-0.2, -0.15) is 0 Å². The van der Waals surface area contributed by atoms with Gasteiger partial charge in [-0.1, -0.05) is 42.0 Å². The smallest absolute Gasteiger partial charge is 0.233 e. The van der Waals surface area contributed by atoms with Crippen LogP contribution in [0.25, 0.3) is 0 Å². The molecule has 1 aromatic rings. The number of likely N-dealkylation sites (tertiary alicyclic amines) is 1. The molecule has 1 fully saturated rings. The van der Waals surface area contributed by atoms with Gasteiger partial charge in [0.1, 0.15) is 0 Å². The van der Waals surface area contributed by atoms with E-state index in [4.69, 9.17) is 11.6 Å². The SMILES string of the molecule is O=C1C2CC=CCC2C(=O)N1CCc1ccccc1Cl. The summed E-state index contributed by atoms with van der Waals surface area (Å²) in [7, 11) is 0. The van der Waals surface area contributed by atoms with E-state index in [0.717, 1.165) is 5.56 Å². The average molecular weight is 290 g/mol. The van der Waals surface area contributed by atoms with E-state index in [1.165, 1.54) is 4.90 Å². The molecule has 2 unspecified atom stereocenters. The number of allylic oxidation sites excluding steroid dienone is 2. The number of hydrogen-bond donors (Lipinski definition) is 0. The molecule has 2 amide bonds. The van der Waals surface area contributed by atoms with Gasteiger partial charge in [0.25, 0.3) is 0 Å². The van der Waals surface area contributed by atoms with Gasteiger partial charge >= 0.3 is 0 Å². The van der Waals surface area contributed by atoms with Crippen LogP contribution in [0.2, 0.25) is 5.02 Å². The predicted molar refractivity (Wildman–Crippen MR) is 77.2 cm³/mol. The molecule has 0 bridgehead atoms. The number of fused-ring (bicyclic) bond motifs is 1. The molecule has 0 radical (unpaired) electrons. The van der Waals surface area contributed by atoms with Crippen LogP contribution in [0.15, 0.2) is 36.4 Å². The van der Waals surface area contributed by atoms with E-state index in [0.29, 0.717) is 30.8 Å². The summed E-state index contributed by atoms with van der Waals surface area (Å²) >= 11 is 6.11. The first kappa shape index (κ1) is 13.4. The van der Waals surface area contributed by atoms with Crippen LogP contribution in [-0.4, -0.2) is 23.3 Å². The van der Waals surface area contributed by atoms with Crippen LogP contribution in [0.3, 0.4) is 0 Å². The number of carbonyl (C=O) groups is 2. The second-order valence-electron chi connectivity index (χ2n) is 5.33. The molecule has 0 spiro atoms. The zero-order valence-corrected chi connectivity index (χ0v) is 11.8. The molecule has 0 N–H and O–H groups in total. The van der Waals surface area contributed by atoms with Crippen LogP contribution in [0.4, 0.5) is 0 Å². The second-order valence-corrected chi connectivity index (χ2v) is 5.73. The summed E-state index contributed by atoms with van der Waals surface area (Å²) in [5, 5.41) is 0.686. The minimum Gasteiger partial charge on any atom is -0.282 e. The Bertz CT molecular complexity index is 556. The maximum atomic E-state index is 12.3. The van der Waals surface area contributed by atoms with Crippen molar-refractivity contribution in [2.45, 2.75) is 19.3 Å². The van der Waals surface area contributed by atoms with Crippen molar-refractivity contribution < 1.29 is 9.59 Å². The van der Waals surface area contributed by atoms with Gasteiger partial charge in [0, 0.05) is 11.6 Å². The van der Waals surface area contributed by atoms with Gasteiger partial charge in [-0.05, 0) is 30.9 Å². The first-order chi connectivity index (χ1) is 9.68. The number of benzene rings is 1. The fourth-order valence-corrected chi connectivity index (χ4v) is 3.25. The van der Waals surface area contributed by atoms with Crippen molar-refractivity contribution >= 4 is 23.4 Å². The fraction of sp³-hybridized carbons (Fsp3) is 0.375. The van der Waals surface area contributed by atoms with E-state index < -0.39 is 0 Å². The van der Waals surface area contributed by atoms with E-state index in [1.807, 2.05) is 36.4 Å². The summed E-state index contributed by atoms with van der Waals surface area (Å²) in [6.07, 6.45) is 6.01. The number of nitrogens with zero attached hydrogens (tertiary/aromatic N) is 1. The number of imide groups is 1. The normalized spacial score (nSPS) is 25.1. The monoisotopic (exact) mass is 289 g/mol. The maximum absolute atomic E-state index is 12.3. The Kier molecular flexibility index (Phi) is 3.62. The first-order valence-corrected chi connectivity index (χ1v) is 7.30. The van der Waals surface area contributed by atoms with E-state index in [2.05, 4.69) is 0 Å². The Morgan fingerprint density at radius 2 is 1.65 bits per heavy atom. The molecule has 1 aliphatic heterocycles. The van der Waals surface area contributed by atoms with Crippen molar-refractivity contribution in [3.8, 4) is 0 Å². The summed E-state index contributed by atoms with van der Waals surface area (Å²) in [4.78, 5) is 26.0. The van der Waals surface area contributed by atoms with Crippen molar-refractivity contribution in [3.63, 3.8) is 0 Å². The third-order valence-electron chi connectivity index (χ3n) is 4.16. The van der Waals surface area contributed by atoms with Crippen molar-refractivity contribution in [2.24, 2.45) is 11.8 Å². The molecule has 3 rings (SSSR count). The molecule has 3 nitrogen and oxygen atoms in total. The number of amides is 2. The van der Waals surface area contributed by atoms with Gasteiger partial charge in [-0.3, -0.25) is 14.5 Å². The third kappa shape index (κ3) is 2.27. The molecule has 2 atom stereocenters. The molecular formula is C16H16ClNO2. The lowest BCUT2D eigenvalue weighted by atomic mass is 9.85. The molecule has 20 heavy (non-hydrogen) atoms. The summed E-state index contributed by atoms with van der Waals surface area (Å²) < 4.78 is 0. The summed E-state index contributed by atoms with van der Waals surface area (Å²) in [6, 6.07) is 7.55. The van der Waals surface area contributed by atoms with Gasteiger partial charge < -0.3 is 0 Å². The lowest BCUT2D eigenvalue weighted by molar-refractivity contribution is -0.139. The standard InChI is InChI=1S/C16H16ClNO2/c17-14-8-4-1-5-11(14)9-10-18-15(19)12-6-2-3-7-13(12)16(18)20/h1-5,8,12-13H,6-7,9-10H2. The van der Waals surface area contributed by atoms with Crippen LogP contribution >= 0.6 is 11.6 Å². The zero-order valence-electron chi connectivity index (χ0n) is 11.1. The average Bonchev–Trinajstić information content (AvgIpc) is 2.71. The van der Waals surface area contributed by atoms with Crippen LogP contribution in [0, 0.1) is 11.8 Å². The van der Waals surface area contributed by atoms with Crippen LogP contribution in [-0.2, 0) is 16.0 Å². The van der Waals surface area contributed by atoms with Crippen molar-refractivity contribution in [1.29, 1.82) is 0 Å². The highest BCUT2D eigenvalue weighted by atomic mass is 35.5. The molecule has 4 heteroatoms. The number of carbonyl (C=O) groups excluding carboxylic acids is 2. The van der Waals surface area contributed by atoms with Crippen LogP contribution in [0.1, 0.15) is 18.4 Å².